The monoisotopic (exact) mass is 421 g/mol. The summed E-state index contributed by atoms with van der Waals surface area (Å²) in [6.45, 7) is 0. The molecule has 0 saturated heterocycles. The molecule has 0 N–H and O–H groups in total. The minimum absolute atomic E-state index is 0.0800. The van der Waals surface area contributed by atoms with E-state index >= 15 is 0 Å². The van der Waals surface area contributed by atoms with Gasteiger partial charge in [0.2, 0.25) is 0 Å². The zero-order chi connectivity index (χ0) is 17.5. The van der Waals surface area contributed by atoms with Gasteiger partial charge in [-0.3, -0.25) is 9.78 Å². The number of aldehydes is 1. The van der Waals surface area contributed by atoms with Gasteiger partial charge in [0, 0.05) is 17.3 Å². The van der Waals surface area contributed by atoms with Gasteiger partial charge in [0.1, 0.15) is 0 Å². The van der Waals surface area contributed by atoms with Crippen molar-refractivity contribution in [2.45, 2.75) is 6.18 Å². The zero-order valence-electron chi connectivity index (χ0n) is 10.6. The normalized spacial score (nSPS) is 11.7. The van der Waals surface area contributed by atoms with E-state index in [0.29, 0.717) is 12.3 Å². The maximum absolute atomic E-state index is 12.7. The molecule has 2 rings (SSSR count). The van der Waals surface area contributed by atoms with Crippen molar-refractivity contribution in [1.82, 2.24) is 4.98 Å². The summed E-state index contributed by atoms with van der Waals surface area (Å²) in [7, 11) is 0. The van der Waals surface area contributed by atoms with E-state index in [1.165, 1.54) is 0 Å². The second kappa shape index (κ2) is 6.65. The molecule has 0 saturated carbocycles. The number of rotatable bonds is 2. The van der Waals surface area contributed by atoms with Crippen LogP contribution in [0.1, 0.15) is 15.9 Å². The molecule has 10 heteroatoms. The lowest BCUT2D eigenvalue weighted by molar-refractivity contribution is -0.137. The number of pyridine rings is 1. The molecule has 122 valence electrons. The van der Waals surface area contributed by atoms with Gasteiger partial charge in [0.15, 0.2) is 6.29 Å². The first kappa shape index (κ1) is 18.6. The Hall–Kier alpha value is -0.720. The Bertz CT molecular complexity index is 778. The molecule has 0 radical (unpaired) electrons. The van der Waals surface area contributed by atoms with E-state index in [1.807, 2.05) is 0 Å². The number of halogens is 8. The Morgan fingerprint density at radius 2 is 1.39 bits per heavy atom. The van der Waals surface area contributed by atoms with Crippen molar-refractivity contribution >= 4 is 64.3 Å². The van der Waals surface area contributed by atoms with Crippen molar-refractivity contribution < 1.29 is 18.0 Å². The molecule has 1 aromatic carbocycles. The summed E-state index contributed by atoms with van der Waals surface area (Å²) in [5.41, 5.74) is -1.74. The number of nitrogens with zero attached hydrogens (tertiary/aromatic N) is 1. The predicted octanol–water partition coefficient (Wildman–Crippen LogP) is 6.85. The van der Waals surface area contributed by atoms with E-state index in [1.54, 1.807) is 0 Å². The Labute approximate surface area is 153 Å². The first-order chi connectivity index (χ1) is 10.6. The Morgan fingerprint density at radius 3 is 1.83 bits per heavy atom. The van der Waals surface area contributed by atoms with E-state index in [4.69, 9.17) is 58.0 Å². The van der Waals surface area contributed by atoms with Crippen molar-refractivity contribution in [2.24, 2.45) is 0 Å². The smallest absolute Gasteiger partial charge is 0.298 e. The molecule has 0 atom stereocenters. The molecule has 0 spiro atoms. The SMILES string of the molecule is O=Cc1cc(C(F)(F)F)cnc1-c1c(Cl)c(Cl)c(Cl)c(Cl)c1Cl. The van der Waals surface area contributed by atoms with Crippen LogP contribution in [-0.4, -0.2) is 11.3 Å². The van der Waals surface area contributed by atoms with Crippen molar-refractivity contribution in [3.63, 3.8) is 0 Å². The third-order valence-corrected chi connectivity index (χ3v) is 5.09. The molecule has 0 bridgehead atoms. The molecule has 1 aromatic heterocycles. The molecule has 0 aliphatic heterocycles. The topological polar surface area (TPSA) is 30.0 Å². The number of carbonyl (C=O) groups excluding carboxylic acids is 1. The Kier molecular flexibility index (Phi) is 5.38. The van der Waals surface area contributed by atoms with Crippen molar-refractivity contribution in [3.8, 4) is 11.3 Å². The van der Waals surface area contributed by atoms with E-state index in [0.717, 1.165) is 0 Å². The Balaban J connectivity index is 2.81. The van der Waals surface area contributed by atoms with Crippen LogP contribution in [0.25, 0.3) is 11.3 Å². The first-order valence-electron chi connectivity index (χ1n) is 5.63. The van der Waals surface area contributed by atoms with Crippen molar-refractivity contribution in [1.29, 1.82) is 0 Å². The summed E-state index contributed by atoms with van der Waals surface area (Å²) >= 11 is 29.7. The highest BCUT2D eigenvalue weighted by atomic mass is 35.5. The molecular weight excluding hydrogens is 420 g/mol. The lowest BCUT2D eigenvalue weighted by Gasteiger charge is -2.14. The number of alkyl halides is 3. The van der Waals surface area contributed by atoms with Crippen LogP contribution in [0.5, 0.6) is 0 Å². The van der Waals surface area contributed by atoms with Gasteiger partial charge in [0.25, 0.3) is 0 Å². The number of hydrogen-bond acceptors (Lipinski definition) is 2. The maximum atomic E-state index is 12.7. The molecule has 0 amide bonds. The summed E-state index contributed by atoms with van der Waals surface area (Å²) in [5.74, 6) is 0. The van der Waals surface area contributed by atoms with Gasteiger partial charge in [-0.2, -0.15) is 13.2 Å². The molecular formula is C13H3Cl5F3NO. The van der Waals surface area contributed by atoms with Gasteiger partial charge in [-0.15, -0.1) is 0 Å². The van der Waals surface area contributed by atoms with Crippen LogP contribution in [0, 0.1) is 0 Å². The molecule has 23 heavy (non-hydrogen) atoms. The molecule has 2 nitrogen and oxygen atoms in total. The predicted molar refractivity (Wildman–Crippen MR) is 85.1 cm³/mol. The number of aromatic nitrogens is 1. The van der Waals surface area contributed by atoms with Crippen molar-refractivity contribution in [2.75, 3.05) is 0 Å². The second-order valence-electron chi connectivity index (χ2n) is 4.22. The van der Waals surface area contributed by atoms with Gasteiger partial charge >= 0.3 is 6.18 Å². The molecule has 0 unspecified atom stereocenters. The quantitative estimate of drug-likeness (QED) is 0.300. The first-order valence-corrected chi connectivity index (χ1v) is 7.52. The molecule has 2 aromatic rings. The van der Waals surface area contributed by atoms with Gasteiger partial charge < -0.3 is 0 Å². The highest BCUT2D eigenvalue weighted by Crippen LogP contribution is 2.48. The summed E-state index contributed by atoms with van der Waals surface area (Å²) < 4.78 is 38.1. The third-order valence-electron chi connectivity index (χ3n) is 2.82. The van der Waals surface area contributed by atoms with E-state index < -0.39 is 11.7 Å². The molecule has 1 heterocycles. The van der Waals surface area contributed by atoms with Crippen LogP contribution in [0.2, 0.25) is 25.1 Å². The molecule has 0 aliphatic rings. The zero-order valence-corrected chi connectivity index (χ0v) is 14.4. The molecule has 0 aliphatic carbocycles. The van der Waals surface area contributed by atoms with Gasteiger partial charge in [-0.25, -0.2) is 0 Å². The van der Waals surface area contributed by atoms with Crippen LogP contribution in [0.3, 0.4) is 0 Å². The van der Waals surface area contributed by atoms with Gasteiger partial charge in [0.05, 0.1) is 36.4 Å². The summed E-state index contributed by atoms with van der Waals surface area (Å²) in [4.78, 5) is 14.8. The van der Waals surface area contributed by atoms with E-state index in [2.05, 4.69) is 4.98 Å². The standard InChI is InChI=1S/C13H3Cl5F3NO/c14-7-6(8(15)10(17)11(18)9(7)16)12-4(3-23)1-5(2-22-12)13(19,20)21/h1-3H. The van der Waals surface area contributed by atoms with Crippen LogP contribution in [-0.2, 0) is 6.18 Å². The van der Waals surface area contributed by atoms with E-state index in [9.17, 15) is 18.0 Å². The lowest BCUT2D eigenvalue weighted by atomic mass is 10.0. The van der Waals surface area contributed by atoms with Gasteiger partial charge in [-0.05, 0) is 6.07 Å². The second-order valence-corrected chi connectivity index (χ2v) is 6.11. The van der Waals surface area contributed by atoms with Crippen molar-refractivity contribution in [3.05, 3.63) is 48.5 Å². The summed E-state index contributed by atoms with van der Waals surface area (Å²) in [6.07, 6.45) is -3.92. The van der Waals surface area contributed by atoms with E-state index in [-0.39, 0.29) is 48.2 Å². The minimum atomic E-state index is -4.66. The number of hydrogen-bond donors (Lipinski definition) is 0. The van der Waals surface area contributed by atoms with Crippen LogP contribution >= 0.6 is 58.0 Å². The fourth-order valence-corrected chi connectivity index (χ4v) is 3.07. The fourth-order valence-electron chi connectivity index (χ4n) is 1.75. The highest BCUT2D eigenvalue weighted by Gasteiger charge is 2.32. The molecule has 0 fully saturated rings. The average Bonchev–Trinajstić information content (AvgIpc) is 2.50. The lowest BCUT2D eigenvalue weighted by Crippen LogP contribution is -2.07. The number of benzene rings is 1. The van der Waals surface area contributed by atoms with Crippen LogP contribution in [0.4, 0.5) is 13.2 Å². The maximum Gasteiger partial charge on any atom is 0.417 e. The average molecular weight is 423 g/mol. The summed E-state index contributed by atoms with van der Waals surface area (Å²) in [5, 5.41) is -0.790. The third kappa shape index (κ3) is 3.39. The highest BCUT2D eigenvalue weighted by molar-refractivity contribution is 6.56. The van der Waals surface area contributed by atoms with Crippen LogP contribution < -0.4 is 0 Å². The number of carbonyl (C=O) groups is 1. The Morgan fingerprint density at radius 1 is 0.913 bits per heavy atom. The minimum Gasteiger partial charge on any atom is -0.298 e. The van der Waals surface area contributed by atoms with Gasteiger partial charge in [-0.1, -0.05) is 58.0 Å². The summed E-state index contributed by atoms with van der Waals surface area (Å²) in [6, 6.07) is 0.623. The fraction of sp³-hybridized carbons (Fsp3) is 0.0769. The largest absolute Gasteiger partial charge is 0.417 e. The van der Waals surface area contributed by atoms with Crippen LogP contribution in [0.15, 0.2) is 12.3 Å².